The molecule has 6 rings (SSSR count). The second kappa shape index (κ2) is 14.5. The Labute approximate surface area is 254 Å². The van der Waals surface area contributed by atoms with Gasteiger partial charge >= 0.3 is 0 Å². The molecule has 214 valence electrons. The van der Waals surface area contributed by atoms with E-state index in [4.69, 9.17) is 9.47 Å². The van der Waals surface area contributed by atoms with E-state index >= 15 is 0 Å². The molecule has 0 saturated carbocycles. The minimum absolute atomic E-state index is 0.0451. The summed E-state index contributed by atoms with van der Waals surface area (Å²) in [5, 5.41) is 7.34. The maximum atomic E-state index is 5.88. The van der Waals surface area contributed by atoms with Gasteiger partial charge < -0.3 is 9.47 Å². The molecule has 0 bridgehead atoms. The summed E-state index contributed by atoms with van der Waals surface area (Å²) in [5.41, 5.74) is 1.86. The Morgan fingerprint density at radius 2 is 1.14 bits per heavy atom. The Balaban J connectivity index is 1.43. The quantitative estimate of drug-likeness (QED) is 0.165. The lowest BCUT2D eigenvalue weighted by Gasteiger charge is -2.33. The van der Waals surface area contributed by atoms with E-state index in [-0.39, 0.29) is 6.29 Å². The molecule has 2 unspecified atom stereocenters. The van der Waals surface area contributed by atoms with Gasteiger partial charge in [-0.1, -0.05) is 140 Å². The van der Waals surface area contributed by atoms with Crippen LogP contribution in [0.1, 0.15) is 32.6 Å². The molecule has 1 heterocycles. The molecule has 4 aromatic rings. The van der Waals surface area contributed by atoms with Crippen LogP contribution in [0.15, 0.2) is 144 Å². The average Bonchev–Trinajstić information content (AvgIpc) is 3.45. The van der Waals surface area contributed by atoms with Crippen LogP contribution in [0.3, 0.4) is 0 Å². The zero-order valence-electron chi connectivity index (χ0n) is 24.4. The molecule has 0 N–H and O–H groups in total. The van der Waals surface area contributed by atoms with Gasteiger partial charge in [0, 0.05) is 5.66 Å². The molecule has 1 fully saturated rings. The van der Waals surface area contributed by atoms with Gasteiger partial charge in [-0.2, -0.15) is 0 Å². The van der Waals surface area contributed by atoms with Crippen LogP contribution in [0.2, 0.25) is 0 Å². The van der Waals surface area contributed by atoms with E-state index in [0.29, 0.717) is 11.6 Å². The second-order valence-electron chi connectivity index (χ2n) is 11.2. The Kier molecular flexibility index (Phi) is 10.1. The number of allylic oxidation sites excluding steroid dienone is 4. The van der Waals surface area contributed by atoms with Crippen molar-refractivity contribution in [2.45, 2.75) is 44.6 Å². The second-order valence-corrected chi connectivity index (χ2v) is 15.7. The van der Waals surface area contributed by atoms with Crippen LogP contribution >= 0.6 is 15.8 Å². The minimum Gasteiger partial charge on any atom is -0.353 e. The van der Waals surface area contributed by atoms with Crippen molar-refractivity contribution in [3.05, 3.63) is 144 Å². The first-order valence-corrected chi connectivity index (χ1v) is 18.0. The average molecular weight is 591 g/mol. The summed E-state index contributed by atoms with van der Waals surface area (Å²) in [6.45, 7) is 4.04. The lowest BCUT2D eigenvalue weighted by molar-refractivity contribution is -0.182. The fraction of sp³-hybridized carbons (Fsp3) is 0.263. The molecule has 42 heavy (non-hydrogen) atoms. The fourth-order valence-electron chi connectivity index (χ4n) is 6.06. The first kappa shape index (κ1) is 29.2. The van der Waals surface area contributed by atoms with Gasteiger partial charge in [-0.05, 0) is 79.5 Å². The molecule has 0 aromatic heterocycles. The Hall–Kier alpha value is -2.86. The molecule has 1 saturated heterocycles. The SMILES string of the molecule is CC(CCC1OCCCO1)CC1=C(P(c2ccccc2)c2ccccc2)C(P(c2ccccc2)c2ccccc2)C=C1. The first-order valence-electron chi connectivity index (χ1n) is 15.2. The molecular formula is C38H40O2P2. The van der Waals surface area contributed by atoms with E-state index in [1.54, 1.807) is 5.31 Å². The summed E-state index contributed by atoms with van der Waals surface area (Å²) in [6.07, 6.45) is 9.11. The maximum absolute atomic E-state index is 5.88. The van der Waals surface area contributed by atoms with E-state index in [9.17, 15) is 0 Å². The van der Waals surface area contributed by atoms with E-state index < -0.39 is 15.8 Å². The lowest BCUT2D eigenvalue weighted by atomic mass is 9.97. The van der Waals surface area contributed by atoms with Crippen molar-refractivity contribution in [1.82, 2.24) is 0 Å². The molecule has 0 spiro atoms. The predicted molar refractivity (Wildman–Crippen MR) is 181 cm³/mol. The van der Waals surface area contributed by atoms with Crippen LogP contribution in [-0.2, 0) is 9.47 Å². The molecule has 0 radical (unpaired) electrons. The van der Waals surface area contributed by atoms with Crippen LogP contribution in [0.4, 0.5) is 0 Å². The molecule has 4 aromatic carbocycles. The highest BCUT2D eigenvalue weighted by Gasteiger charge is 2.36. The number of hydrogen-bond acceptors (Lipinski definition) is 2. The molecular weight excluding hydrogens is 550 g/mol. The van der Waals surface area contributed by atoms with Gasteiger partial charge in [0.1, 0.15) is 0 Å². The third kappa shape index (κ3) is 7.02. The smallest absolute Gasteiger partial charge is 0.157 e. The molecule has 2 nitrogen and oxygen atoms in total. The molecule has 0 amide bonds. The topological polar surface area (TPSA) is 18.5 Å². The maximum Gasteiger partial charge on any atom is 0.157 e. The van der Waals surface area contributed by atoms with Crippen molar-refractivity contribution < 1.29 is 9.47 Å². The van der Waals surface area contributed by atoms with Crippen molar-refractivity contribution in [3.8, 4) is 0 Å². The van der Waals surface area contributed by atoms with Gasteiger partial charge in [0.25, 0.3) is 0 Å². The summed E-state index contributed by atoms with van der Waals surface area (Å²) in [7, 11) is -1.35. The highest BCUT2D eigenvalue weighted by molar-refractivity contribution is 7.80. The normalized spacial score (nSPS) is 18.2. The Morgan fingerprint density at radius 1 is 0.667 bits per heavy atom. The third-order valence-corrected chi connectivity index (χ3v) is 13.6. The highest BCUT2D eigenvalue weighted by Crippen LogP contribution is 2.59. The summed E-state index contributed by atoms with van der Waals surface area (Å²) in [4.78, 5) is 0. The van der Waals surface area contributed by atoms with Gasteiger partial charge in [0.2, 0.25) is 0 Å². The zero-order chi connectivity index (χ0) is 28.6. The fourth-order valence-corrected chi connectivity index (χ4v) is 11.9. The Morgan fingerprint density at radius 3 is 1.64 bits per heavy atom. The van der Waals surface area contributed by atoms with Gasteiger partial charge in [0.05, 0.1) is 13.2 Å². The van der Waals surface area contributed by atoms with Crippen LogP contribution in [0.5, 0.6) is 0 Å². The van der Waals surface area contributed by atoms with Gasteiger partial charge in [-0.25, -0.2) is 0 Å². The van der Waals surface area contributed by atoms with Crippen molar-refractivity contribution in [2.75, 3.05) is 13.2 Å². The van der Waals surface area contributed by atoms with Gasteiger partial charge in [-0.3, -0.25) is 0 Å². The van der Waals surface area contributed by atoms with Gasteiger partial charge in [0.15, 0.2) is 6.29 Å². The zero-order valence-corrected chi connectivity index (χ0v) is 26.2. The molecule has 2 atom stereocenters. The van der Waals surface area contributed by atoms with Crippen molar-refractivity contribution in [1.29, 1.82) is 0 Å². The molecule has 1 aliphatic heterocycles. The largest absolute Gasteiger partial charge is 0.353 e. The van der Waals surface area contributed by atoms with E-state index in [1.165, 1.54) is 26.8 Å². The standard InChI is InChI=1S/C38H40O2P2/c1-30(23-26-37-39-27-14-28-40-37)29-31-24-25-36(41(32-15-6-2-7-16-32)33-17-8-3-9-18-33)38(31)42(34-19-10-4-11-20-34)35-21-12-5-13-22-35/h2-13,15-22,24-25,30,36-37H,14,23,26-29H2,1H3. The highest BCUT2D eigenvalue weighted by atomic mass is 31.1. The molecule has 4 heteroatoms. The van der Waals surface area contributed by atoms with Crippen molar-refractivity contribution in [2.24, 2.45) is 5.92 Å². The number of rotatable bonds is 11. The van der Waals surface area contributed by atoms with Gasteiger partial charge in [-0.15, -0.1) is 0 Å². The first-order chi connectivity index (χ1) is 20.8. The van der Waals surface area contributed by atoms with Crippen molar-refractivity contribution >= 4 is 37.1 Å². The van der Waals surface area contributed by atoms with E-state index in [2.05, 4.69) is 140 Å². The van der Waals surface area contributed by atoms with E-state index in [0.717, 1.165) is 38.9 Å². The van der Waals surface area contributed by atoms with E-state index in [1.807, 2.05) is 0 Å². The number of hydrogen-bond donors (Lipinski definition) is 0. The molecule has 1 aliphatic carbocycles. The minimum atomic E-state index is -0.712. The Bertz CT molecular complexity index is 1370. The van der Waals surface area contributed by atoms with Crippen molar-refractivity contribution in [3.63, 3.8) is 0 Å². The summed E-state index contributed by atoms with van der Waals surface area (Å²) >= 11 is 0. The van der Waals surface area contributed by atoms with Crippen LogP contribution < -0.4 is 21.2 Å². The molecule has 2 aliphatic rings. The lowest BCUT2D eigenvalue weighted by Crippen LogP contribution is -2.25. The number of benzene rings is 4. The number of ether oxygens (including phenoxy) is 2. The van der Waals surface area contributed by atoms with Crippen LogP contribution in [0.25, 0.3) is 0 Å². The summed E-state index contributed by atoms with van der Waals surface area (Å²) < 4.78 is 11.8. The van der Waals surface area contributed by atoms with Crippen LogP contribution in [0, 0.1) is 5.92 Å². The summed E-state index contributed by atoms with van der Waals surface area (Å²) in [6, 6.07) is 44.9. The summed E-state index contributed by atoms with van der Waals surface area (Å²) in [5.74, 6) is 0.538. The predicted octanol–water partition coefficient (Wildman–Crippen LogP) is 8.01. The monoisotopic (exact) mass is 590 g/mol. The third-order valence-electron chi connectivity index (χ3n) is 8.07. The van der Waals surface area contributed by atoms with Crippen LogP contribution in [-0.4, -0.2) is 25.2 Å².